The van der Waals surface area contributed by atoms with Gasteiger partial charge < -0.3 is 10.6 Å². The van der Waals surface area contributed by atoms with Gasteiger partial charge in [-0.1, -0.05) is 24.0 Å². The van der Waals surface area contributed by atoms with Gasteiger partial charge >= 0.3 is 0 Å². The van der Waals surface area contributed by atoms with E-state index in [9.17, 15) is 4.79 Å². The average molecular weight is 254 g/mol. The van der Waals surface area contributed by atoms with Crippen LogP contribution in [-0.2, 0) is 0 Å². The lowest BCUT2D eigenvalue weighted by atomic mass is 10.0. The molecule has 2 unspecified atom stereocenters. The van der Waals surface area contributed by atoms with Crippen LogP contribution in [0.25, 0.3) is 0 Å². The van der Waals surface area contributed by atoms with E-state index >= 15 is 0 Å². The summed E-state index contributed by atoms with van der Waals surface area (Å²) >= 11 is 0. The van der Waals surface area contributed by atoms with Gasteiger partial charge in [-0.25, -0.2) is 0 Å². The molecule has 1 aromatic rings. The maximum absolute atomic E-state index is 12.6. The summed E-state index contributed by atoms with van der Waals surface area (Å²) in [5, 5.41) is 0. The Balaban J connectivity index is 1.87. The maximum Gasteiger partial charge on any atom is 0.255 e. The fourth-order valence-electron chi connectivity index (χ4n) is 3.25. The number of rotatable bonds is 1. The molecule has 2 atom stereocenters. The van der Waals surface area contributed by atoms with Crippen molar-refractivity contribution in [3.05, 3.63) is 35.4 Å². The first kappa shape index (κ1) is 12.3. The van der Waals surface area contributed by atoms with E-state index in [1.165, 1.54) is 12.8 Å². The molecule has 1 saturated heterocycles. The van der Waals surface area contributed by atoms with Crippen LogP contribution in [0.1, 0.15) is 35.2 Å². The van der Waals surface area contributed by atoms with Crippen LogP contribution in [0.15, 0.2) is 24.3 Å². The number of benzene rings is 1. The van der Waals surface area contributed by atoms with Gasteiger partial charge in [0.15, 0.2) is 0 Å². The molecule has 2 bridgehead atoms. The summed E-state index contributed by atoms with van der Waals surface area (Å²) in [7, 11) is 0. The first-order valence-electron chi connectivity index (χ1n) is 6.88. The summed E-state index contributed by atoms with van der Waals surface area (Å²) in [4.78, 5) is 14.7. The molecule has 0 spiro atoms. The first-order chi connectivity index (χ1) is 9.29. The van der Waals surface area contributed by atoms with Crippen molar-refractivity contribution >= 4 is 5.91 Å². The number of amides is 1. The van der Waals surface area contributed by atoms with Crippen molar-refractivity contribution in [2.45, 2.75) is 25.3 Å². The summed E-state index contributed by atoms with van der Waals surface area (Å²) < 4.78 is 0. The predicted molar refractivity (Wildman–Crippen MR) is 74.5 cm³/mol. The highest BCUT2D eigenvalue weighted by Crippen LogP contribution is 2.38. The highest BCUT2D eigenvalue weighted by molar-refractivity contribution is 5.97. The number of piperidine rings is 1. The predicted octanol–water partition coefficient (Wildman–Crippen LogP) is 1.62. The second-order valence-corrected chi connectivity index (χ2v) is 5.34. The van der Waals surface area contributed by atoms with E-state index in [1.54, 1.807) is 0 Å². The number of carbonyl (C=O) groups excluding carboxylic acids is 1. The second-order valence-electron chi connectivity index (χ2n) is 5.34. The highest BCUT2D eigenvalue weighted by Gasteiger charge is 2.40. The molecule has 2 N–H and O–H groups in total. The molecule has 0 radical (unpaired) electrons. The van der Waals surface area contributed by atoms with Gasteiger partial charge in [0, 0.05) is 18.2 Å². The van der Waals surface area contributed by atoms with E-state index < -0.39 is 0 Å². The zero-order valence-corrected chi connectivity index (χ0v) is 10.9. The third kappa shape index (κ3) is 2.24. The zero-order valence-electron chi connectivity index (χ0n) is 10.9. The van der Waals surface area contributed by atoms with Crippen LogP contribution in [0.4, 0.5) is 0 Å². The molecule has 98 valence electrons. The van der Waals surface area contributed by atoms with Crippen molar-refractivity contribution in [3.63, 3.8) is 0 Å². The monoisotopic (exact) mass is 254 g/mol. The lowest BCUT2D eigenvalue weighted by Crippen LogP contribution is -2.37. The van der Waals surface area contributed by atoms with Crippen LogP contribution in [0, 0.1) is 17.8 Å². The lowest BCUT2D eigenvalue weighted by Gasteiger charge is -2.27. The number of hydrogen-bond acceptors (Lipinski definition) is 2. The van der Waals surface area contributed by atoms with Crippen molar-refractivity contribution < 1.29 is 4.79 Å². The molecule has 1 saturated carbocycles. The van der Waals surface area contributed by atoms with E-state index in [0.29, 0.717) is 12.6 Å². The Morgan fingerprint density at radius 1 is 1.37 bits per heavy atom. The maximum atomic E-state index is 12.6. The average Bonchev–Trinajstić information content (AvgIpc) is 3.07. The third-order valence-corrected chi connectivity index (χ3v) is 4.15. The molecular weight excluding hydrogens is 236 g/mol. The van der Waals surface area contributed by atoms with Crippen molar-refractivity contribution in [1.29, 1.82) is 0 Å². The molecule has 1 heterocycles. The minimum Gasteiger partial charge on any atom is -0.335 e. The van der Waals surface area contributed by atoms with Crippen LogP contribution in [0.2, 0.25) is 0 Å². The molecule has 1 aromatic carbocycles. The van der Waals surface area contributed by atoms with Gasteiger partial charge in [0.25, 0.3) is 5.91 Å². The summed E-state index contributed by atoms with van der Waals surface area (Å²) in [6, 6.07) is 8.02. The summed E-state index contributed by atoms with van der Waals surface area (Å²) in [5.41, 5.74) is 6.92. The van der Waals surface area contributed by atoms with Crippen LogP contribution >= 0.6 is 0 Å². The van der Waals surface area contributed by atoms with Crippen molar-refractivity contribution in [2.24, 2.45) is 11.7 Å². The normalized spacial score (nSPS) is 24.2. The molecule has 1 aliphatic carbocycles. The van der Waals surface area contributed by atoms with Gasteiger partial charge in [0.2, 0.25) is 0 Å². The number of fused-ring (bicyclic) bond motifs is 2. The van der Waals surface area contributed by atoms with Gasteiger partial charge in [-0.15, -0.1) is 0 Å². The Labute approximate surface area is 113 Å². The lowest BCUT2D eigenvalue weighted by molar-refractivity contribution is 0.0703. The number of carbonyl (C=O) groups is 1. The molecule has 3 nitrogen and oxygen atoms in total. The van der Waals surface area contributed by atoms with Crippen molar-refractivity contribution in [3.8, 4) is 11.8 Å². The molecule has 19 heavy (non-hydrogen) atoms. The Hall–Kier alpha value is -1.79. The Morgan fingerprint density at radius 2 is 2.21 bits per heavy atom. The molecule has 2 fully saturated rings. The van der Waals surface area contributed by atoms with Crippen LogP contribution < -0.4 is 5.73 Å². The van der Waals surface area contributed by atoms with Crippen LogP contribution in [0.5, 0.6) is 0 Å². The molecule has 0 aromatic heterocycles. The van der Waals surface area contributed by atoms with E-state index in [1.807, 2.05) is 29.2 Å². The zero-order chi connectivity index (χ0) is 13.2. The van der Waals surface area contributed by atoms with Gasteiger partial charge in [-0.2, -0.15) is 0 Å². The Morgan fingerprint density at radius 3 is 2.89 bits per heavy atom. The van der Waals surface area contributed by atoms with Gasteiger partial charge in [0.05, 0.1) is 12.1 Å². The molecule has 1 aliphatic heterocycles. The fourth-order valence-corrected chi connectivity index (χ4v) is 3.25. The minimum atomic E-state index is 0.133. The molecular formula is C16H18N2O. The van der Waals surface area contributed by atoms with E-state index in [2.05, 4.69) is 11.8 Å². The smallest absolute Gasteiger partial charge is 0.255 e. The van der Waals surface area contributed by atoms with Gasteiger partial charge in [-0.3, -0.25) is 4.79 Å². The molecule has 1 amide bonds. The van der Waals surface area contributed by atoms with Crippen LogP contribution in [-0.4, -0.2) is 29.9 Å². The Bertz CT molecular complexity index is 555. The first-order valence-corrected chi connectivity index (χ1v) is 6.88. The topological polar surface area (TPSA) is 46.3 Å². The molecule has 2 aliphatic rings. The summed E-state index contributed by atoms with van der Waals surface area (Å²) in [5.74, 6) is 6.68. The molecule has 3 rings (SSSR count). The van der Waals surface area contributed by atoms with Gasteiger partial charge in [0.1, 0.15) is 0 Å². The van der Waals surface area contributed by atoms with E-state index in [0.717, 1.165) is 30.0 Å². The number of hydrogen-bond donors (Lipinski definition) is 1. The third-order valence-electron chi connectivity index (χ3n) is 4.15. The fraction of sp³-hybridized carbons (Fsp3) is 0.438. The van der Waals surface area contributed by atoms with Crippen LogP contribution in [0.3, 0.4) is 0 Å². The Kier molecular flexibility index (Phi) is 3.27. The van der Waals surface area contributed by atoms with E-state index in [-0.39, 0.29) is 5.91 Å². The number of likely N-dealkylation sites (tertiary alicyclic amines) is 1. The van der Waals surface area contributed by atoms with Crippen molar-refractivity contribution in [2.75, 3.05) is 13.1 Å². The standard InChI is InChI=1S/C16H18N2O/c17-9-3-5-13-4-1-2-6-15(13)16(19)18-11-12-7-8-14(18)10-12/h1-2,4,6,12,14H,7-11,17H2. The van der Waals surface area contributed by atoms with Crippen molar-refractivity contribution in [1.82, 2.24) is 4.90 Å². The second kappa shape index (κ2) is 5.07. The minimum absolute atomic E-state index is 0.133. The van der Waals surface area contributed by atoms with E-state index in [4.69, 9.17) is 5.73 Å². The highest BCUT2D eigenvalue weighted by atomic mass is 16.2. The van der Waals surface area contributed by atoms with Gasteiger partial charge in [-0.05, 0) is 37.3 Å². The SMILES string of the molecule is NCC#Cc1ccccc1C(=O)N1CC2CCC1C2. The number of nitrogens with two attached hydrogens (primary N) is 1. The largest absolute Gasteiger partial charge is 0.335 e. The quantitative estimate of drug-likeness (QED) is 0.774. The number of nitrogens with zero attached hydrogens (tertiary/aromatic N) is 1. The summed E-state index contributed by atoms with van der Waals surface area (Å²) in [6.07, 6.45) is 3.62. The summed E-state index contributed by atoms with van der Waals surface area (Å²) in [6.45, 7) is 1.24. The molecule has 3 heteroatoms.